The van der Waals surface area contributed by atoms with Crippen LogP contribution in [0.4, 0.5) is 0 Å². The zero-order chi connectivity index (χ0) is 7.78. The van der Waals surface area contributed by atoms with E-state index >= 15 is 0 Å². The Morgan fingerprint density at radius 1 is 1.60 bits per heavy atom. The molecule has 0 aromatic rings. The van der Waals surface area contributed by atoms with Crippen LogP contribution in [-0.2, 0) is 0 Å². The van der Waals surface area contributed by atoms with Crippen molar-refractivity contribution in [3.8, 4) is 0 Å². The second-order valence-corrected chi connectivity index (χ2v) is 3.68. The minimum Gasteiger partial charge on any atom is -0.395 e. The van der Waals surface area contributed by atoms with Crippen molar-refractivity contribution in [3.63, 3.8) is 0 Å². The molecule has 2 atom stereocenters. The Bertz CT molecular complexity index is 118. The van der Waals surface area contributed by atoms with E-state index in [1.807, 2.05) is 0 Å². The molecule has 0 radical (unpaired) electrons. The van der Waals surface area contributed by atoms with Crippen LogP contribution < -0.4 is 0 Å². The summed E-state index contributed by atoms with van der Waals surface area (Å²) in [5.41, 5.74) is 0.364. The average Bonchev–Trinajstić information content (AvgIpc) is 2.44. The third-order valence-corrected chi connectivity index (χ3v) is 2.35. The Hall–Kier alpha value is -0.0800. The molecule has 1 heterocycles. The van der Waals surface area contributed by atoms with E-state index in [2.05, 4.69) is 25.7 Å². The molecular weight excluding hydrogens is 126 g/mol. The standard InChI is InChI=1S/C8H17NO/c1-4-7(5-10)9-6-8(9,2)3/h7,10H,4-6H2,1-3H3. The van der Waals surface area contributed by atoms with Gasteiger partial charge in [-0.05, 0) is 20.3 Å². The van der Waals surface area contributed by atoms with E-state index in [0.29, 0.717) is 18.2 Å². The molecule has 0 aromatic heterocycles. The largest absolute Gasteiger partial charge is 0.395 e. The van der Waals surface area contributed by atoms with Gasteiger partial charge < -0.3 is 5.11 Å². The summed E-state index contributed by atoms with van der Waals surface area (Å²) in [6.45, 7) is 8.00. The first-order chi connectivity index (χ1) is 4.61. The fourth-order valence-corrected chi connectivity index (χ4v) is 1.45. The van der Waals surface area contributed by atoms with Gasteiger partial charge in [-0.15, -0.1) is 0 Å². The number of nitrogens with zero attached hydrogens (tertiary/aromatic N) is 1. The van der Waals surface area contributed by atoms with Crippen molar-refractivity contribution in [2.45, 2.75) is 38.8 Å². The molecule has 2 nitrogen and oxygen atoms in total. The van der Waals surface area contributed by atoms with Crippen LogP contribution in [0.1, 0.15) is 27.2 Å². The first kappa shape index (κ1) is 8.02. The van der Waals surface area contributed by atoms with Gasteiger partial charge in [0.1, 0.15) is 0 Å². The van der Waals surface area contributed by atoms with Crippen LogP contribution in [0.2, 0.25) is 0 Å². The van der Waals surface area contributed by atoms with Crippen molar-refractivity contribution < 1.29 is 5.11 Å². The average molecular weight is 143 g/mol. The predicted octanol–water partition coefficient (Wildman–Crippen LogP) is 0.851. The quantitative estimate of drug-likeness (QED) is 0.592. The maximum atomic E-state index is 8.93. The lowest BCUT2D eigenvalue weighted by atomic mass is 10.2. The van der Waals surface area contributed by atoms with Crippen molar-refractivity contribution >= 4 is 0 Å². The monoisotopic (exact) mass is 143 g/mol. The highest BCUT2D eigenvalue weighted by molar-refractivity contribution is 5.02. The summed E-state index contributed by atoms with van der Waals surface area (Å²) in [5.74, 6) is 0. The Kier molecular flexibility index (Phi) is 2.02. The van der Waals surface area contributed by atoms with Crippen molar-refractivity contribution in [1.29, 1.82) is 0 Å². The lowest BCUT2D eigenvalue weighted by Gasteiger charge is -2.15. The second kappa shape index (κ2) is 2.51. The molecule has 1 aliphatic heterocycles. The highest BCUT2D eigenvalue weighted by Crippen LogP contribution is 2.33. The van der Waals surface area contributed by atoms with E-state index in [1.165, 1.54) is 0 Å². The lowest BCUT2D eigenvalue weighted by molar-refractivity contribution is 0.185. The summed E-state index contributed by atoms with van der Waals surface area (Å²) < 4.78 is 0. The van der Waals surface area contributed by atoms with E-state index in [4.69, 9.17) is 5.11 Å². The van der Waals surface area contributed by atoms with Crippen LogP contribution in [0.3, 0.4) is 0 Å². The van der Waals surface area contributed by atoms with E-state index in [9.17, 15) is 0 Å². The summed E-state index contributed by atoms with van der Waals surface area (Å²) in [6.07, 6.45) is 1.06. The van der Waals surface area contributed by atoms with Gasteiger partial charge in [-0.3, -0.25) is 4.90 Å². The Labute approximate surface area is 62.8 Å². The van der Waals surface area contributed by atoms with Crippen molar-refractivity contribution in [2.75, 3.05) is 13.2 Å². The molecule has 0 aromatic carbocycles. The highest BCUT2D eigenvalue weighted by atomic mass is 16.3. The summed E-state index contributed by atoms with van der Waals surface area (Å²) in [7, 11) is 0. The van der Waals surface area contributed by atoms with Gasteiger partial charge in [-0.25, -0.2) is 0 Å². The zero-order valence-electron chi connectivity index (χ0n) is 7.09. The van der Waals surface area contributed by atoms with Gasteiger partial charge in [0, 0.05) is 18.1 Å². The normalized spacial score (nSPS) is 31.8. The number of aliphatic hydroxyl groups excluding tert-OH is 1. The predicted molar refractivity (Wildman–Crippen MR) is 41.9 cm³/mol. The molecule has 1 N–H and O–H groups in total. The van der Waals surface area contributed by atoms with Crippen LogP contribution in [-0.4, -0.2) is 34.7 Å². The smallest absolute Gasteiger partial charge is 0.0587 e. The topological polar surface area (TPSA) is 23.2 Å². The molecule has 1 rings (SSSR count). The molecule has 1 aliphatic rings. The van der Waals surface area contributed by atoms with Crippen LogP contribution in [0, 0.1) is 0 Å². The van der Waals surface area contributed by atoms with E-state index in [-0.39, 0.29) is 0 Å². The Morgan fingerprint density at radius 2 is 2.10 bits per heavy atom. The van der Waals surface area contributed by atoms with Crippen LogP contribution >= 0.6 is 0 Å². The molecule has 0 spiro atoms. The molecule has 10 heavy (non-hydrogen) atoms. The minimum atomic E-state index is 0.305. The number of hydrogen-bond acceptors (Lipinski definition) is 2. The van der Waals surface area contributed by atoms with Gasteiger partial charge in [-0.1, -0.05) is 6.92 Å². The molecule has 1 fully saturated rings. The molecule has 1 saturated heterocycles. The molecule has 0 amide bonds. The van der Waals surface area contributed by atoms with Gasteiger partial charge in [0.25, 0.3) is 0 Å². The highest BCUT2D eigenvalue weighted by Gasteiger charge is 2.46. The molecular formula is C8H17NO. The van der Waals surface area contributed by atoms with E-state index in [0.717, 1.165) is 13.0 Å². The van der Waals surface area contributed by atoms with Gasteiger partial charge in [0.2, 0.25) is 0 Å². The van der Waals surface area contributed by atoms with Crippen molar-refractivity contribution in [3.05, 3.63) is 0 Å². The molecule has 0 aliphatic carbocycles. The first-order valence-corrected chi connectivity index (χ1v) is 3.99. The molecule has 2 unspecified atom stereocenters. The summed E-state index contributed by atoms with van der Waals surface area (Å²) in [6, 6.07) is 0.398. The fraction of sp³-hybridized carbons (Fsp3) is 1.00. The Balaban J connectivity index is 2.36. The first-order valence-electron chi connectivity index (χ1n) is 3.99. The van der Waals surface area contributed by atoms with Gasteiger partial charge in [0.15, 0.2) is 0 Å². The summed E-state index contributed by atoms with van der Waals surface area (Å²) >= 11 is 0. The number of hydrogen-bond donors (Lipinski definition) is 1. The molecule has 60 valence electrons. The number of rotatable bonds is 3. The second-order valence-electron chi connectivity index (χ2n) is 3.68. The van der Waals surface area contributed by atoms with Crippen LogP contribution in [0.5, 0.6) is 0 Å². The molecule has 0 bridgehead atoms. The van der Waals surface area contributed by atoms with Crippen LogP contribution in [0.25, 0.3) is 0 Å². The molecule has 0 saturated carbocycles. The summed E-state index contributed by atoms with van der Waals surface area (Å²) in [5, 5.41) is 8.93. The van der Waals surface area contributed by atoms with E-state index < -0.39 is 0 Å². The minimum absolute atomic E-state index is 0.305. The third-order valence-electron chi connectivity index (χ3n) is 2.35. The fourth-order valence-electron chi connectivity index (χ4n) is 1.45. The van der Waals surface area contributed by atoms with Gasteiger partial charge in [0.05, 0.1) is 6.61 Å². The van der Waals surface area contributed by atoms with Crippen LogP contribution in [0.15, 0.2) is 0 Å². The van der Waals surface area contributed by atoms with E-state index in [1.54, 1.807) is 0 Å². The Morgan fingerprint density at radius 3 is 2.20 bits per heavy atom. The molecule has 2 heteroatoms. The number of aliphatic hydroxyl groups is 1. The maximum absolute atomic E-state index is 8.93. The lowest BCUT2D eigenvalue weighted by Crippen LogP contribution is -2.26. The van der Waals surface area contributed by atoms with Gasteiger partial charge >= 0.3 is 0 Å². The SMILES string of the molecule is CCC(CO)N1CC1(C)C. The zero-order valence-corrected chi connectivity index (χ0v) is 7.09. The van der Waals surface area contributed by atoms with Crippen molar-refractivity contribution in [1.82, 2.24) is 4.90 Å². The third kappa shape index (κ3) is 1.32. The van der Waals surface area contributed by atoms with Crippen molar-refractivity contribution in [2.24, 2.45) is 0 Å². The summed E-state index contributed by atoms with van der Waals surface area (Å²) in [4.78, 5) is 2.34. The maximum Gasteiger partial charge on any atom is 0.0587 e. The van der Waals surface area contributed by atoms with Gasteiger partial charge in [-0.2, -0.15) is 0 Å².